The highest BCUT2D eigenvalue weighted by Crippen LogP contribution is 2.37. The van der Waals surface area contributed by atoms with Crippen LogP contribution in [0, 0.1) is 0 Å². The third-order valence-corrected chi connectivity index (χ3v) is 14.7. The Kier molecular flexibility index (Phi) is 24.9. The third-order valence-electron chi connectivity index (χ3n) is 10.2. The molecule has 1 aliphatic heterocycles. The van der Waals surface area contributed by atoms with Gasteiger partial charge in [-0.2, -0.15) is 0 Å². The van der Waals surface area contributed by atoms with Gasteiger partial charge in [0, 0.05) is 13.0 Å². The number of unbranched alkanes of at least 4 members (excludes halogenated alkanes) is 15. The molecule has 1 rings (SSSR count). The van der Waals surface area contributed by atoms with Crippen molar-refractivity contribution >= 4 is 26.2 Å². The molecular weight excluding hydrogens is 667 g/mol. The highest BCUT2D eigenvalue weighted by molar-refractivity contribution is 6.74. The van der Waals surface area contributed by atoms with Crippen LogP contribution in [0.25, 0.3) is 0 Å². The number of rotatable bonds is 29. The van der Waals surface area contributed by atoms with Gasteiger partial charge in [-0.3, -0.25) is 9.59 Å². The molecule has 0 radical (unpaired) electrons. The normalized spacial score (nSPS) is 20.9. The van der Waals surface area contributed by atoms with Gasteiger partial charge in [0.05, 0.1) is 13.0 Å². The molecule has 0 unspecified atom stereocenters. The number of carbonyl (C=O) groups is 3. The zero-order chi connectivity index (χ0) is 38.1. The molecular formula is C40H75NO9Si. The number of nitrogens with one attached hydrogen (secondary N) is 1. The van der Waals surface area contributed by atoms with Crippen LogP contribution in [0.15, 0.2) is 12.7 Å². The fraction of sp³-hybridized carbons (Fsp3) is 0.875. The molecule has 0 aliphatic carbocycles. The van der Waals surface area contributed by atoms with E-state index < -0.39 is 51.0 Å². The van der Waals surface area contributed by atoms with E-state index in [1.807, 2.05) is 0 Å². The molecule has 1 aliphatic rings. The fourth-order valence-electron chi connectivity index (χ4n) is 5.92. The van der Waals surface area contributed by atoms with Crippen molar-refractivity contribution in [3.05, 3.63) is 12.7 Å². The lowest BCUT2D eigenvalue weighted by Gasteiger charge is -2.45. The van der Waals surface area contributed by atoms with Crippen LogP contribution in [0.5, 0.6) is 0 Å². The van der Waals surface area contributed by atoms with Crippen molar-refractivity contribution in [2.45, 2.75) is 205 Å². The largest absolute Gasteiger partial charge is 0.509 e. The number of aliphatic hydroxyl groups is 1. The van der Waals surface area contributed by atoms with E-state index in [1.54, 1.807) is 0 Å². The van der Waals surface area contributed by atoms with Crippen molar-refractivity contribution in [1.29, 1.82) is 0 Å². The Bertz CT molecular complexity index is 970. The van der Waals surface area contributed by atoms with E-state index in [0.717, 1.165) is 44.9 Å². The third kappa shape index (κ3) is 20.3. The Morgan fingerprint density at radius 1 is 0.824 bits per heavy atom. The van der Waals surface area contributed by atoms with Gasteiger partial charge in [0.25, 0.3) is 0 Å². The van der Waals surface area contributed by atoms with Gasteiger partial charge >= 0.3 is 6.16 Å². The molecule has 11 heteroatoms. The first-order chi connectivity index (χ1) is 24.3. The molecule has 0 bridgehead atoms. The van der Waals surface area contributed by atoms with Crippen LogP contribution >= 0.6 is 0 Å². The van der Waals surface area contributed by atoms with Crippen LogP contribution in [0.3, 0.4) is 0 Å². The highest BCUT2D eigenvalue weighted by atomic mass is 28.4. The second-order valence-electron chi connectivity index (χ2n) is 15.8. The number of amides is 1. The molecule has 0 spiro atoms. The van der Waals surface area contributed by atoms with Gasteiger partial charge in [0.2, 0.25) is 5.91 Å². The van der Waals surface area contributed by atoms with Crippen molar-refractivity contribution in [3.8, 4) is 0 Å². The second kappa shape index (κ2) is 26.9. The van der Waals surface area contributed by atoms with Crippen LogP contribution in [0.2, 0.25) is 18.1 Å². The molecule has 1 saturated heterocycles. The summed E-state index contributed by atoms with van der Waals surface area (Å²) in [7, 11) is -2.26. The van der Waals surface area contributed by atoms with E-state index in [0.29, 0.717) is 13.0 Å². The minimum Gasteiger partial charge on any atom is -0.430 e. The fourth-order valence-corrected chi connectivity index (χ4v) is 6.93. The van der Waals surface area contributed by atoms with E-state index in [-0.39, 0.29) is 30.5 Å². The smallest absolute Gasteiger partial charge is 0.430 e. The zero-order valence-electron chi connectivity index (χ0n) is 33.4. The first kappa shape index (κ1) is 47.2. The molecule has 10 nitrogen and oxygen atoms in total. The molecule has 1 amide bonds. The number of Topliss-reactive ketones (excluding diaryl/α,β-unsaturated/α-hetero) is 1. The summed E-state index contributed by atoms with van der Waals surface area (Å²) in [6.45, 7) is 18.9. The summed E-state index contributed by atoms with van der Waals surface area (Å²) in [5, 5.41) is 14.0. The predicted octanol–water partition coefficient (Wildman–Crippen LogP) is 9.32. The summed E-state index contributed by atoms with van der Waals surface area (Å²) in [4.78, 5) is 38.7. The van der Waals surface area contributed by atoms with Crippen LogP contribution < -0.4 is 5.32 Å². The summed E-state index contributed by atoms with van der Waals surface area (Å²) >= 11 is 0. The zero-order valence-corrected chi connectivity index (χ0v) is 34.4. The lowest BCUT2D eigenvalue weighted by molar-refractivity contribution is -0.263. The van der Waals surface area contributed by atoms with Gasteiger partial charge in [-0.15, -0.1) is 0 Å². The van der Waals surface area contributed by atoms with Gasteiger partial charge in [-0.1, -0.05) is 144 Å². The SMILES string of the molecule is C=CCOC(=O)O[C@H]1[C@H](OCCCCCCCCCC)[C@@H](NC(=O)CC(=O)CCCCCCCCCCC)[C@H](O)O[C@@H]1CO[Si](C)(C)C(C)(C)C. The first-order valence-corrected chi connectivity index (χ1v) is 23.0. The summed E-state index contributed by atoms with van der Waals surface area (Å²) in [5.74, 6) is -0.687. The molecule has 0 saturated carbocycles. The second-order valence-corrected chi connectivity index (χ2v) is 20.6. The first-order valence-electron chi connectivity index (χ1n) is 20.1. The van der Waals surface area contributed by atoms with Gasteiger partial charge in [0.1, 0.15) is 30.6 Å². The lowest BCUT2D eigenvalue weighted by Crippen LogP contribution is -2.66. The summed E-state index contributed by atoms with van der Waals surface area (Å²) in [6.07, 6.45) is 15.3. The van der Waals surface area contributed by atoms with Crippen LogP contribution in [-0.2, 0) is 33.0 Å². The van der Waals surface area contributed by atoms with Crippen LogP contribution in [0.1, 0.15) is 157 Å². The van der Waals surface area contributed by atoms with E-state index in [1.165, 1.54) is 70.3 Å². The monoisotopic (exact) mass is 742 g/mol. The number of hydrogen-bond donors (Lipinski definition) is 2. The highest BCUT2D eigenvalue weighted by Gasteiger charge is 2.50. The summed E-state index contributed by atoms with van der Waals surface area (Å²) in [6, 6.07) is -1.09. The maximum atomic E-state index is 13.2. The number of ketones is 1. The Morgan fingerprint density at radius 3 is 1.88 bits per heavy atom. The lowest BCUT2D eigenvalue weighted by atomic mass is 9.96. The molecule has 1 heterocycles. The van der Waals surface area contributed by atoms with Crippen LogP contribution in [0.4, 0.5) is 4.79 Å². The molecule has 0 aromatic rings. The minimum atomic E-state index is -2.26. The summed E-state index contributed by atoms with van der Waals surface area (Å²) in [5.41, 5.74) is 0. The van der Waals surface area contributed by atoms with E-state index in [4.69, 9.17) is 23.4 Å². The Hall–Kier alpha value is -1.79. The molecule has 0 aromatic heterocycles. The molecule has 51 heavy (non-hydrogen) atoms. The Labute approximate surface area is 311 Å². The van der Waals surface area contributed by atoms with Gasteiger partial charge in [-0.05, 0) is 31.0 Å². The number of carbonyl (C=O) groups excluding carboxylic acids is 3. The number of ether oxygens (including phenoxy) is 4. The predicted molar refractivity (Wildman–Crippen MR) is 206 cm³/mol. The topological polar surface area (TPSA) is 130 Å². The van der Waals surface area contributed by atoms with Crippen molar-refractivity contribution in [2.24, 2.45) is 0 Å². The van der Waals surface area contributed by atoms with E-state index >= 15 is 0 Å². The number of aliphatic hydroxyl groups excluding tert-OH is 1. The molecule has 298 valence electrons. The molecule has 2 N–H and O–H groups in total. The summed E-state index contributed by atoms with van der Waals surface area (Å²) < 4.78 is 29.8. The van der Waals surface area contributed by atoms with E-state index in [9.17, 15) is 19.5 Å². The van der Waals surface area contributed by atoms with Crippen molar-refractivity contribution in [2.75, 3.05) is 19.8 Å². The number of hydrogen-bond acceptors (Lipinski definition) is 9. The average molecular weight is 742 g/mol. The Morgan fingerprint density at radius 2 is 1.35 bits per heavy atom. The quantitative estimate of drug-likeness (QED) is 0.0253. The van der Waals surface area contributed by atoms with Crippen molar-refractivity contribution in [1.82, 2.24) is 5.32 Å². The molecule has 1 fully saturated rings. The standard InChI is InChI=1S/C40H75NO9Si/c1-9-12-14-16-18-20-21-23-25-27-32(42)30-34(43)41-35-37(46-29-26-24-22-19-17-15-13-10-2)36(50-39(45)47-28-11-3)33(49-38(35)44)31-48-51(7,8)40(4,5)6/h11,33,35-38,44H,3,9-10,12-31H2,1-2,4-8H3,(H,41,43)/t33-,35-,36-,37-,38-/m1/s1. The maximum absolute atomic E-state index is 13.2. The van der Waals surface area contributed by atoms with E-state index in [2.05, 4.69) is 59.6 Å². The van der Waals surface area contributed by atoms with Crippen molar-refractivity contribution < 1.29 is 42.9 Å². The Balaban J connectivity index is 3.00. The van der Waals surface area contributed by atoms with Crippen LogP contribution in [-0.4, -0.2) is 81.7 Å². The molecule has 0 aromatic carbocycles. The molecule has 5 atom stereocenters. The maximum Gasteiger partial charge on any atom is 0.509 e. The van der Waals surface area contributed by atoms with Gasteiger partial charge < -0.3 is 33.8 Å². The van der Waals surface area contributed by atoms with Crippen molar-refractivity contribution in [3.63, 3.8) is 0 Å². The van der Waals surface area contributed by atoms with Gasteiger partial charge in [0.15, 0.2) is 20.7 Å². The minimum absolute atomic E-state index is 0.0441. The van der Waals surface area contributed by atoms with Gasteiger partial charge in [-0.25, -0.2) is 4.79 Å². The average Bonchev–Trinajstić information content (AvgIpc) is 3.06.